The molecular weight excluding hydrogens is 464 g/mol. The number of Topliss-reactive ketones (excluding diaryl/α,β-unsaturated/α-hetero) is 2. The lowest BCUT2D eigenvalue weighted by atomic mass is 9.84. The zero-order chi connectivity index (χ0) is 24.3. The van der Waals surface area contributed by atoms with Crippen molar-refractivity contribution in [1.82, 2.24) is 9.97 Å². The maximum Gasteiger partial charge on any atom is 0.232 e. The Kier molecular flexibility index (Phi) is 4.65. The number of hydrogen-bond acceptors (Lipinski definition) is 4. The van der Waals surface area contributed by atoms with Crippen LogP contribution in [0, 0.1) is 0 Å². The third-order valence-electron chi connectivity index (χ3n) is 6.29. The molecule has 35 heavy (non-hydrogen) atoms. The average Bonchev–Trinajstić information content (AvgIpc) is 3.46. The van der Waals surface area contributed by atoms with Crippen molar-refractivity contribution >= 4 is 56.1 Å². The summed E-state index contributed by atoms with van der Waals surface area (Å²) in [6.07, 6.45) is 1.51. The number of carbonyl (C=O) groups excluding carboxylic acids is 2. The van der Waals surface area contributed by atoms with Gasteiger partial charge in [0, 0.05) is 44.2 Å². The Morgan fingerprint density at radius 3 is 2.20 bits per heavy atom. The lowest BCUT2D eigenvalue weighted by molar-refractivity contribution is -0.116. The Morgan fingerprint density at radius 2 is 1.40 bits per heavy atom. The molecule has 0 saturated heterocycles. The van der Waals surface area contributed by atoms with E-state index in [2.05, 4.69) is 9.97 Å². The van der Waals surface area contributed by atoms with Crippen LogP contribution in [0.1, 0.15) is 11.1 Å². The highest BCUT2D eigenvalue weighted by Gasteiger charge is 2.39. The van der Waals surface area contributed by atoms with Gasteiger partial charge < -0.3 is 20.2 Å². The van der Waals surface area contributed by atoms with Gasteiger partial charge in [-0.15, -0.1) is 0 Å². The number of aliphatic hydroxyl groups excluding tert-OH is 2. The number of benzene rings is 3. The number of aromatic amines is 2. The van der Waals surface area contributed by atoms with Crippen LogP contribution in [0.4, 0.5) is 0 Å². The number of aromatic nitrogens is 2. The van der Waals surface area contributed by atoms with Crippen LogP contribution in [-0.4, -0.2) is 31.7 Å². The number of carbonyl (C=O) groups is 2. The van der Waals surface area contributed by atoms with E-state index in [0.717, 1.165) is 11.1 Å². The van der Waals surface area contributed by atoms with E-state index in [-0.39, 0.29) is 16.7 Å². The van der Waals surface area contributed by atoms with E-state index in [9.17, 15) is 19.8 Å². The summed E-state index contributed by atoms with van der Waals surface area (Å²) in [5, 5.41) is 23.8. The van der Waals surface area contributed by atoms with Crippen LogP contribution < -0.4 is 0 Å². The van der Waals surface area contributed by atoms with Gasteiger partial charge >= 0.3 is 0 Å². The van der Waals surface area contributed by atoms with Gasteiger partial charge in [0.15, 0.2) is 11.5 Å². The van der Waals surface area contributed by atoms with Crippen molar-refractivity contribution in [3.05, 3.63) is 107 Å². The van der Waals surface area contributed by atoms with Crippen molar-refractivity contribution in [2.24, 2.45) is 0 Å². The summed E-state index contributed by atoms with van der Waals surface area (Å²) in [6, 6.07) is 21.6. The number of aliphatic hydroxyl groups is 2. The first-order valence-electron chi connectivity index (χ1n) is 10.8. The molecule has 6 rings (SSSR count). The van der Waals surface area contributed by atoms with Gasteiger partial charge in [0.2, 0.25) is 11.6 Å². The molecule has 0 atom stereocenters. The maximum absolute atomic E-state index is 13.6. The molecule has 6 nitrogen and oxygen atoms in total. The van der Waals surface area contributed by atoms with Crippen LogP contribution in [0.5, 0.6) is 0 Å². The molecule has 2 heterocycles. The largest absolute Gasteiger partial charge is 0.504 e. The molecule has 0 saturated carbocycles. The van der Waals surface area contributed by atoms with Gasteiger partial charge in [-0.3, -0.25) is 9.59 Å². The molecule has 0 spiro atoms. The molecule has 0 unspecified atom stereocenters. The predicted octanol–water partition coefficient (Wildman–Crippen LogP) is 6.36. The summed E-state index contributed by atoms with van der Waals surface area (Å²) in [5.74, 6) is -3.13. The van der Waals surface area contributed by atoms with Crippen molar-refractivity contribution in [2.75, 3.05) is 0 Å². The smallest absolute Gasteiger partial charge is 0.232 e. The lowest BCUT2D eigenvalue weighted by Gasteiger charge is -2.19. The second kappa shape index (κ2) is 7.75. The maximum atomic E-state index is 13.6. The highest BCUT2D eigenvalue weighted by molar-refractivity contribution is 6.48. The van der Waals surface area contributed by atoms with Crippen molar-refractivity contribution in [3.63, 3.8) is 0 Å². The molecule has 0 fully saturated rings. The molecule has 0 amide bonds. The average molecular weight is 481 g/mol. The summed E-state index contributed by atoms with van der Waals surface area (Å²) < 4.78 is 0. The highest BCUT2D eigenvalue weighted by Crippen LogP contribution is 2.42. The van der Waals surface area contributed by atoms with Crippen LogP contribution in [0.25, 0.3) is 44.2 Å². The molecule has 3 aromatic carbocycles. The summed E-state index contributed by atoms with van der Waals surface area (Å²) in [4.78, 5) is 33.3. The first-order chi connectivity index (χ1) is 17.0. The number of H-pyrrole nitrogens is 2. The topological polar surface area (TPSA) is 106 Å². The van der Waals surface area contributed by atoms with Crippen LogP contribution >= 0.6 is 11.6 Å². The Bertz CT molecular complexity index is 1760. The van der Waals surface area contributed by atoms with Crippen LogP contribution in [0.3, 0.4) is 0 Å². The molecule has 0 bridgehead atoms. The van der Waals surface area contributed by atoms with Crippen molar-refractivity contribution in [2.45, 2.75) is 0 Å². The van der Waals surface area contributed by atoms with E-state index < -0.39 is 23.1 Å². The SMILES string of the molecule is O=C1C(O)=C(c2c(-c3ccccc3)[nH]c3ccccc23)C(=O)C(O)=C1c1c[nH]c2ccc(Cl)cc12. The Balaban J connectivity index is 1.59. The van der Waals surface area contributed by atoms with E-state index in [1.54, 1.807) is 30.3 Å². The molecular formula is C28H17ClN2O4. The summed E-state index contributed by atoms with van der Waals surface area (Å²) in [6.45, 7) is 0. The number of nitrogens with one attached hydrogen (secondary N) is 2. The minimum absolute atomic E-state index is 0.245. The Labute approximate surface area is 203 Å². The van der Waals surface area contributed by atoms with Crippen molar-refractivity contribution < 1.29 is 19.8 Å². The standard InChI is InChI=1S/C28H17ClN2O4/c29-15-10-11-19-17(12-15)18(13-30-19)22-25(32)27(34)23(28(35)26(22)33)21-16-8-4-5-9-20(16)31-24(21)14-6-2-1-3-7-14/h1-13,30-32,35H. The molecule has 7 heteroatoms. The number of fused-ring (bicyclic) bond motifs is 2. The van der Waals surface area contributed by atoms with E-state index in [1.165, 1.54) is 6.20 Å². The third kappa shape index (κ3) is 3.11. The normalized spacial score (nSPS) is 14.5. The second-order valence-corrected chi connectivity index (χ2v) is 8.72. The third-order valence-corrected chi connectivity index (χ3v) is 6.52. The van der Waals surface area contributed by atoms with Gasteiger partial charge in [-0.1, -0.05) is 60.1 Å². The zero-order valence-electron chi connectivity index (χ0n) is 18.1. The molecule has 0 radical (unpaired) electrons. The number of rotatable bonds is 3. The van der Waals surface area contributed by atoms with Crippen LogP contribution in [0.2, 0.25) is 5.02 Å². The van der Waals surface area contributed by atoms with E-state index >= 15 is 0 Å². The van der Waals surface area contributed by atoms with Crippen LogP contribution in [0.15, 0.2) is 90.5 Å². The number of para-hydroxylation sites is 1. The molecule has 1 aliphatic carbocycles. The minimum atomic E-state index is -0.845. The molecule has 0 aliphatic heterocycles. The van der Waals surface area contributed by atoms with Crippen LogP contribution in [-0.2, 0) is 9.59 Å². The lowest BCUT2D eigenvalue weighted by Crippen LogP contribution is -2.23. The monoisotopic (exact) mass is 480 g/mol. The van der Waals surface area contributed by atoms with Gasteiger partial charge in [0.1, 0.15) is 0 Å². The number of halogens is 1. The highest BCUT2D eigenvalue weighted by atomic mass is 35.5. The van der Waals surface area contributed by atoms with Gasteiger partial charge in [-0.2, -0.15) is 0 Å². The van der Waals surface area contributed by atoms with Crippen molar-refractivity contribution in [3.8, 4) is 11.3 Å². The molecule has 1 aliphatic rings. The zero-order valence-corrected chi connectivity index (χ0v) is 18.9. The Hall–Kier alpha value is -4.55. The molecule has 170 valence electrons. The fourth-order valence-electron chi connectivity index (χ4n) is 4.68. The van der Waals surface area contributed by atoms with Gasteiger partial charge in [-0.25, -0.2) is 0 Å². The fraction of sp³-hybridized carbons (Fsp3) is 0. The second-order valence-electron chi connectivity index (χ2n) is 8.28. The van der Waals surface area contributed by atoms with Gasteiger partial charge in [0.05, 0.1) is 16.8 Å². The van der Waals surface area contributed by atoms with E-state index in [0.29, 0.717) is 32.6 Å². The molecule has 5 aromatic rings. The van der Waals surface area contributed by atoms with Crippen molar-refractivity contribution in [1.29, 1.82) is 0 Å². The van der Waals surface area contributed by atoms with E-state index in [1.807, 2.05) is 42.5 Å². The molecule has 4 N–H and O–H groups in total. The van der Waals surface area contributed by atoms with Gasteiger partial charge in [-0.05, 0) is 29.8 Å². The van der Waals surface area contributed by atoms with E-state index in [4.69, 9.17) is 11.6 Å². The first kappa shape index (κ1) is 21.0. The fourth-order valence-corrected chi connectivity index (χ4v) is 4.86. The summed E-state index contributed by atoms with van der Waals surface area (Å²) in [7, 11) is 0. The number of allylic oxidation sites excluding steroid dienone is 2. The quantitative estimate of drug-likeness (QED) is 0.225. The minimum Gasteiger partial charge on any atom is -0.504 e. The number of hydrogen-bond donors (Lipinski definition) is 4. The Morgan fingerprint density at radius 1 is 0.714 bits per heavy atom. The van der Waals surface area contributed by atoms with Gasteiger partial charge in [0.25, 0.3) is 0 Å². The predicted molar refractivity (Wildman–Crippen MR) is 136 cm³/mol. The number of ketones is 2. The first-order valence-corrected chi connectivity index (χ1v) is 11.2. The molecule has 2 aromatic heterocycles. The summed E-state index contributed by atoms with van der Waals surface area (Å²) in [5.41, 5.74) is 2.84. The summed E-state index contributed by atoms with van der Waals surface area (Å²) >= 11 is 6.13.